The van der Waals surface area contributed by atoms with E-state index in [0.717, 1.165) is 56.4 Å². The summed E-state index contributed by atoms with van der Waals surface area (Å²) in [5.41, 5.74) is 0.850. The molecular formula is C18H26N4O3. The van der Waals surface area contributed by atoms with Crippen molar-refractivity contribution in [3.63, 3.8) is 0 Å². The van der Waals surface area contributed by atoms with E-state index in [1.165, 1.54) is 0 Å². The number of urea groups is 1. The van der Waals surface area contributed by atoms with Crippen LogP contribution in [-0.2, 0) is 17.6 Å². The van der Waals surface area contributed by atoms with Gasteiger partial charge >= 0.3 is 6.03 Å². The number of fused-ring (bicyclic) bond motifs is 1. The van der Waals surface area contributed by atoms with Crippen LogP contribution in [0.5, 0.6) is 0 Å². The summed E-state index contributed by atoms with van der Waals surface area (Å²) in [6.07, 6.45) is 5.74. The van der Waals surface area contributed by atoms with Gasteiger partial charge in [0.25, 0.3) is 0 Å². The van der Waals surface area contributed by atoms with Crippen LogP contribution in [0, 0.1) is 5.41 Å². The number of carbonyl (C=O) groups is 2. The summed E-state index contributed by atoms with van der Waals surface area (Å²) >= 11 is 0. The molecule has 3 aliphatic rings. The summed E-state index contributed by atoms with van der Waals surface area (Å²) in [4.78, 5) is 28.5. The first-order chi connectivity index (χ1) is 12.0. The SMILES string of the molecule is CC1(C)CN(C2CCN(C(=O)Nc3noc4c3CCCC4)CC2)C1=O. The number of aromatic nitrogens is 1. The van der Waals surface area contributed by atoms with Gasteiger partial charge in [0.1, 0.15) is 5.76 Å². The van der Waals surface area contributed by atoms with Crippen LogP contribution in [0.2, 0.25) is 0 Å². The molecule has 1 aromatic rings. The molecule has 2 fully saturated rings. The predicted molar refractivity (Wildman–Crippen MR) is 92.3 cm³/mol. The lowest BCUT2D eigenvalue weighted by Gasteiger charge is -2.50. The van der Waals surface area contributed by atoms with E-state index in [2.05, 4.69) is 10.5 Å². The van der Waals surface area contributed by atoms with Gasteiger partial charge in [-0.2, -0.15) is 0 Å². The molecule has 1 N–H and O–H groups in total. The molecule has 1 aromatic heterocycles. The van der Waals surface area contributed by atoms with Gasteiger partial charge in [0.15, 0.2) is 5.82 Å². The van der Waals surface area contributed by atoms with Crippen molar-refractivity contribution in [2.45, 2.75) is 58.4 Å². The van der Waals surface area contributed by atoms with Gasteiger partial charge < -0.3 is 14.3 Å². The van der Waals surface area contributed by atoms with Gasteiger partial charge in [-0.3, -0.25) is 10.1 Å². The molecule has 0 atom stereocenters. The van der Waals surface area contributed by atoms with Crippen molar-refractivity contribution in [1.29, 1.82) is 0 Å². The Balaban J connectivity index is 1.31. The minimum Gasteiger partial charge on any atom is -0.359 e. The van der Waals surface area contributed by atoms with Crippen molar-refractivity contribution < 1.29 is 14.1 Å². The Labute approximate surface area is 147 Å². The highest BCUT2D eigenvalue weighted by Gasteiger charge is 2.47. The normalized spacial score (nSPS) is 23.2. The molecule has 2 saturated heterocycles. The molecular weight excluding hydrogens is 320 g/mol. The summed E-state index contributed by atoms with van der Waals surface area (Å²) in [5.74, 6) is 1.74. The van der Waals surface area contributed by atoms with Gasteiger partial charge in [0.05, 0.1) is 5.41 Å². The van der Waals surface area contributed by atoms with Crippen molar-refractivity contribution >= 4 is 17.8 Å². The molecule has 0 unspecified atom stereocenters. The highest BCUT2D eigenvalue weighted by Crippen LogP contribution is 2.35. The van der Waals surface area contributed by atoms with E-state index in [1.807, 2.05) is 23.6 Å². The van der Waals surface area contributed by atoms with Gasteiger partial charge in [-0.05, 0) is 46.0 Å². The standard InChI is InChI=1S/C18H26N4O3/c1-18(2)11-22(16(18)23)12-7-9-21(10-8-12)17(24)19-15-13-5-3-4-6-14(13)25-20-15/h12H,3-11H2,1-2H3,(H,19,20,24). The molecule has 25 heavy (non-hydrogen) atoms. The molecule has 3 heterocycles. The third-order valence-electron chi connectivity index (χ3n) is 5.77. The number of piperidine rings is 1. The predicted octanol–water partition coefficient (Wildman–Crippen LogP) is 2.42. The lowest BCUT2D eigenvalue weighted by atomic mass is 9.80. The van der Waals surface area contributed by atoms with Gasteiger partial charge in [0, 0.05) is 37.7 Å². The first-order valence-corrected chi connectivity index (χ1v) is 9.30. The fourth-order valence-corrected chi connectivity index (χ4v) is 4.20. The number of nitrogens with zero attached hydrogens (tertiary/aromatic N) is 3. The maximum Gasteiger partial charge on any atom is 0.323 e. The van der Waals surface area contributed by atoms with Gasteiger partial charge in [-0.25, -0.2) is 4.79 Å². The summed E-state index contributed by atoms with van der Waals surface area (Å²) in [5, 5.41) is 6.95. The van der Waals surface area contributed by atoms with E-state index in [4.69, 9.17) is 4.52 Å². The summed E-state index contributed by atoms with van der Waals surface area (Å²) in [7, 11) is 0. The van der Waals surface area contributed by atoms with Crippen LogP contribution in [0.3, 0.4) is 0 Å². The quantitative estimate of drug-likeness (QED) is 0.834. The fourth-order valence-electron chi connectivity index (χ4n) is 4.20. The third-order valence-corrected chi connectivity index (χ3v) is 5.77. The maximum atomic E-state index is 12.5. The van der Waals surface area contributed by atoms with Crippen molar-refractivity contribution in [3.8, 4) is 0 Å². The highest BCUT2D eigenvalue weighted by atomic mass is 16.5. The number of rotatable bonds is 2. The Morgan fingerprint density at radius 2 is 1.96 bits per heavy atom. The Morgan fingerprint density at radius 1 is 1.24 bits per heavy atom. The lowest BCUT2D eigenvalue weighted by Crippen LogP contribution is -2.63. The zero-order valence-corrected chi connectivity index (χ0v) is 15.0. The monoisotopic (exact) mass is 346 g/mol. The van der Waals surface area contributed by atoms with Crippen LogP contribution in [-0.4, -0.2) is 52.6 Å². The summed E-state index contributed by atoms with van der Waals surface area (Å²) < 4.78 is 5.35. The van der Waals surface area contributed by atoms with E-state index >= 15 is 0 Å². The second-order valence-corrected chi connectivity index (χ2v) is 8.11. The van der Waals surface area contributed by atoms with Gasteiger partial charge in [0.2, 0.25) is 5.91 Å². The number of aryl methyl sites for hydroxylation is 1. The largest absolute Gasteiger partial charge is 0.359 e. The van der Waals surface area contributed by atoms with Gasteiger partial charge in [-0.15, -0.1) is 0 Å². The first-order valence-electron chi connectivity index (χ1n) is 9.30. The molecule has 1 aliphatic carbocycles. The average Bonchev–Trinajstić information content (AvgIpc) is 3.03. The van der Waals surface area contributed by atoms with Crippen molar-refractivity contribution in [3.05, 3.63) is 11.3 Å². The van der Waals surface area contributed by atoms with Crippen LogP contribution >= 0.6 is 0 Å². The highest BCUT2D eigenvalue weighted by molar-refractivity contribution is 5.89. The van der Waals surface area contributed by atoms with E-state index in [0.29, 0.717) is 18.9 Å². The average molecular weight is 346 g/mol. The molecule has 0 aromatic carbocycles. The number of likely N-dealkylation sites (tertiary alicyclic amines) is 2. The molecule has 136 valence electrons. The van der Waals surface area contributed by atoms with Crippen LogP contribution in [0.4, 0.5) is 10.6 Å². The maximum absolute atomic E-state index is 12.5. The van der Waals surface area contributed by atoms with Crippen LogP contribution in [0.25, 0.3) is 0 Å². The second kappa shape index (κ2) is 6.04. The molecule has 4 rings (SSSR count). The van der Waals surface area contributed by atoms with Crippen molar-refractivity contribution in [2.75, 3.05) is 25.0 Å². The Kier molecular flexibility index (Phi) is 3.96. The molecule has 7 nitrogen and oxygen atoms in total. The van der Waals surface area contributed by atoms with E-state index in [1.54, 1.807) is 0 Å². The van der Waals surface area contributed by atoms with E-state index in [9.17, 15) is 9.59 Å². The van der Waals surface area contributed by atoms with E-state index in [-0.39, 0.29) is 23.4 Å². The molecule has 7 heteroatoms. The number of hydrogen-bond donors (Lipinski definition) is 1. The molecule has 0 radical (unpaired) electrons. The molecule has 0 bridgehead atoms. The summed E-state index contributed by atoms with van der Waals surface area (Å²) in [6.45, 7) is 6.15. The van der Waals surface area contributed by atoms with Crippen molar-refractivity contribution in [1.82, 2.24) is 15.0 Å². The van der Waals surface area contributed by atoms with E-state index < -0.39 is 0 Å². The Bertz CT molecular complexity index is 688. The lowest BCUT2D eigenvalue weighted by molar-refractivity contribution is -0.162. The number of β-lactam (4-membered cyclic amide) rings is 1. The van der Waals surface area contributed by atoms with Crippen LogP contribution in [0.15, 0.2) is 4.52 Å². The Hall–Kier alpha value is -2.05. The number of anilines is 1. The number of hydrogen-bond acceptors (Lipinski definition) is 4. The minimum atomic E-state index is -0.208. The topological polar surface area (TPSA) is 78.7 Å². The summed E-state index contributed by atoms with van der Waals surface area (Å²) in [6, 6.07) is 0.153. The number of amides is 3. The van der Waals surface area contributed by atoms with Crippen molar-refractivity contribution in [2.24, 2.45) is 5.41 Å². The second-order valence-electron chi connectivity index (χ2n) is 8.11. The number of nitrogens with one attached hydrogen (secondary N) is 1. The molecule has 3 amide bonds. The minimum absolute atomic E-state index is 0.115. The third kappa shape index (κ3) is 2.89. The number of carbonyl (C=O) groups excluding carboxylic acids is 2. The van der Waals surface area contributed by atoms with Gasteiger partial charge in [-0.1, -0.05) is 5.16 Å². The fraction of sp³-hybridized carbons (Fsp3) is 0.722. The smallest absolute Gasteiger partial charge is 0.323 e. The van der Waals surface area contributed by atoms with Crippen LogP contribution in [0.1, 0.15) is 50.9 Å². The molecule has 2 aliphatic heterocycles. The molecule has 0 spiro atoms. The molecule has 0 saturated carbocycles. The zero-order chi connectivity index (χ0) is 17.6. The van der Waals surface area contributed by atoms with Crippen LogP contribution < -0.4 is 5.32 Å². The zero-order valence-electron chi connectivity index (χ0n) is 15.0. The first kappa shape index (κ1) is 16.4. The Morgan fingerprint density at radius 3 is 2.64 bits per heavy atom.